The maximum absolute atomic E-state index is 13.5. The number of amides is 1. The summed E-state index contributed by atoms with van der Waals surface area (Å²) in [6.07, 6.45) is 0. The first kappa shape index (κ1) is 28.0. The number of sulfonamides is 2. The van der Waals surface area contributed by atoms with E-state index in [1.807, 2.05) is 6.92 Å². The van der Waals surface area contributed by atoms with Gasteiger partial charge in [-0.25, -0.2) is 21.1 Å². The quantitative estimate of drug-likeness (QED) is 0.401. The molecule has 0 heterocycles. The number of nitrogens with zero attached hydrogens (tertiary/aromatic N) is 2. The smallest absolute Gasteiger partial charge is 0.243 e. The van der Waals surface area contributed by atoms with E-state index in [-0.39, 0.29) is 16.3 Å². The van der Waals surface area contributed by atoms with Crippen LogP contribution in [0.4, 0.5) is 5.69 Å². The van der Waals surface area contributed by atoms with Crippen LogP contribution in [0.25, 0.3) is 0 Å². The lowest BCUT2D eigenvalue weighted by molar-refractivity contribution is -0.116. The Balaban J connectivity index is 1.92. The van der Waals surface area contributed by atoms with Crippen molar-refractivity contribution in [2.24, 2.45) is 0 Å². The molecule has 0 aliphatic carbocycles. The number of rotatable bonds is 9. The van der Waals surface area contributed by atoms with E-state index in [4.69, 9.17) is 0 Å². The van der Waals surface area contributed by atoms with E-state index in [1.54, 1.807) is 49.4 Å². The zero-order valence-electron chi connectivity index (χ0n) is 20.4. The maximum atomic E-state index is 13.5. The van der Waals surface area contributed by atoms with Crippen LogP contribution in [0.3, 0.4) is 0 Å². The summed E-state index contributed by atoms with van der Waals surface area (Å²) in [5, 5.41) is 2.68. The summed E-state index contributed by atoms with van der Waals surface area (Å²) in [7, 11) is -4.88. The van der Waals surface area contributed by atoms with Crippen molar-refractivity contribution in [2.45, 2.75) is 30.2 Å². The molecule has 3 rings (SSSR count). The van der Waals surface area contributed by atoms with Crippen LogP contribution >= 0.6 is 15.9 Å². The summed E-state index contributed by atoms with van der Waals surface area (Å²) in [5.74, 6) is -0.592. The van der Waals surface area contributed by atoms with Crippen LogP contribution in [0.5, 0.6) is 0 Å². The van der Waals surface area contributed by atoms with Gasteiger partial charge in [0, 0.05) is 30.8 Å². The van der Waals surface area contributed by atoms with Crippen LogP contribution < -0.4 is 5.32 Å². The molecule has 0 spiro atoms. The normalized spacial score (nSPS) is 12.2. The van der Waals surface area contributed by atoms with Gasteiger partial charge in [-0.05, 0) is 61.4 Å². The van der Waals surface area contributed by atoms with Crippen LogP contribution in [0.15, 0.2) is 81.0 Å². The summed E-state index contributed by atoms with van der Waals surface area (Å²) >= 11 is 3.37. The molecule has 11 heteroatoms. The third-order valence-corrected chi connectivity index (χ3v) is 9.66. The minimum Gasteiger partial charge on any atom is -0.325 e. The van der Waals surface area contributed by atoms with E-state index in [9.17, 15) is 21.6 Å². The first-order valence-corrected chi connectivity index (χ1v) is 14.6. The molecule has 1 amide bonds. The molecule has 0 aliphatic heterocycles. The number of aryl methyl sites for hydroxylation is 2. The molecule has 192 valence electrons. The highest BCUT2D eigenvalue weighted by Gasteiger charge is 2.27. The Morgan fingerprint density at radius 1 is 0.833 bits per heavy atom. The standard InChI is InChI=1S/C25H28BrN3O5S2/c1-18-5-12-22(13-6-18)36(33,34)29(16-20-8-10-21(26)11-9-20)17-25(30)27-24-15-23(14-7-19(24)2)35(31,32)28(3)4/h5-15H,16-17H2,1-4H3,(H,27,30). The van der Waals surface area contributed by atoms with E-state index < -0.39 is 32.5 Å². The Labute approximate surface area is 221 Å². The third kappa shape index (κ3) is 6.60. The second-order valence-corrected chi connectivity index (χ2v) is 13.5. The van der Waals surface area contributed by atoms with Crippen molar-refractivity contribution in [1.29, 1.82) is 0 Å². The molecule has 0 fully saturated rings. The van der Waals surface area contributed by atoms with Crippen LogP contribution in [0, 0.1) is 13.8 Å². The minimum absolute atomic E-state index is 0.0207. The zero-order valence-corrected chi connectivity index (χ0v) is 23.6. The molecule has 0 aromatic heterocycles. The first-order valence-electron chi connectivity index (χ1n) is 10.9. The lowest BCUT2D eigenvalue weighted by Crippen LogP contribution is -2.37. The largest absolute Gasteiger partial charge is 0.325 e. The number of hydrogen-bond acceptors (Lipinski definition) is 5. The van der Waals surface area contributed by atoms with Gasteiger partial charge < -0.3 is 5.32 Å². The number of benzene rings is 3. The van der Waals surface area contributed by atoms with Crippen LogP contribution in [-0.4, -0.2) is 52.0 Å². The molecule has 0 unspecified atom stereocenters. The number of hydrogen-bond donors (Lipinski definition) is 1. The highest BCUT2D eigenvalue weighted by molar-refractivity contribution is 9.10. The van der Waals surface area contributed by atoms with Gasteiger partial charge in [-0.1, -0.05) is 51.8 Å². The van der Waals surface area contributed by atoms with Gasteiger partial charge in [0.1, 0.15) is 0 Å². The second kappa shape index (κ2) is 11.2. The Kier molecular flexibility index (Phi) is 8.73. The van der Waals surface area contributed by atoms with Gasteiger partial charge in [-0.15, -0.1) is 0 Å². The lowest BCUT2D eigenvalue weighted by Gasteiger charge is -2.22. The van der Waals surface area contributed by atoms with Crippen molar-refractivity contribution in [1.82, 2.24) is 8.61 Å². The predicted octanol–water partition coefficient (Wildman–Crippen LogP) is 4.15. The van der Waals surface area contributed by atoms with E-state index >= 15 is 0 Å². The van der Waals surface area contributed by atoms with Gasteiger partial charge in [0.25, 0.3) is 0 Å². The van der Waals surface area contributed by atoms with Gasteiger partial charge in [0.05, 0.1) is 16.3 Å². The van der Waals surface area contributed by atoms with Gasteiger partial charge in [0.15, 0.2) is 0 Å². The number of carbonyl (C=O) groups excluding carboxylic acids is 1. The Bertz CT molecular complexity index is 1450. The van der Waals surface area contributed by atoms with Crippen molar-refractivity contribution in [3.05, 3.63) is 87.9 Å². The minimum atomic E-state index is -4.01. The highest BCUT2D eigenvalue weighted by Crippen LogP contribution is 2.24. The van der Waals surface area contributed by atoms with Gasteiger partial charge in [-0.3, -0.25) is 4.79 Å². The molecule has 0 radical (unpaired) electrons. The number of carbonyl (C=O) groups is 1. The molecule has 0 saturated carbocycles. The molecule has 3 aromatic carbocycles. The summed E-state index contributed by atoms with van der Waals surface area (Å²) in [4.78, 5) is 13.2. The van der Waals surface area contributed by atoms with Crippen molar-refractivity contribution < 1.29 is 21.6 Å². The van der Waals surface area contributed by atoms with E-state index in [0.29, 0.717) is 16.8 Å². The molecule has 0 saturated heterocycles. The molecule has 8 nitrogen and oxygen atoms in total. The van der Waals surface area contributed by atoms with Crippen molar-refractivity contribution >= 4 is 47.6 Å². The number of halogens is 1. The summed E-state index contributed by atoms with van der Waals surface area (Å²) in [6.45, 7) is 3.10. The number of anilines is 1. The van der Waals surface area contributed by atoms with E-state index in [1.165, 1.54) is 38.4 Å². The second-order valence-electron chi connectivity index (χ2n) is 8.52. The van der Waals surface area contributed by atoms with Gasteiger partial charge in [-0.2, -0.15) is 4.31 Å². The summed E-state index contributed by atoms with van der Waals surface area (Å²) in [5.41, 5.74) is 2.55. The Morgan fingerprint density at radius 2 is 1.42 bits per heavy atom. The topological polar surface area (TPSA) is 104 Å². The molecule has 1 N–H and O–H groups in total. The van der Waals surface area contributed by atoms with E-state index in [2.05, 4.69) is 21.2 Å². The van der Waals surface area contributed by atoms with Crippen molar-refractivity contribution in [2.75, 3.05) is 26.0 Å². The summed E-state index contributed by atoms with van der Waals surface area (Å²) in [6, 6.07) is 18.0. The molecule has 0 aliphatic rings. The highest BCUT2D eigenvalue weighted by atomic mass is 79.9. The van der Waals surface area contributed by atoms with Gasteiger partial charge in [0.2, 0.25) is 26.0 Å². The molecule has 3 aromatic rings. The fraction of sp³-hybridized carbons (Fsp3) is 0.240. The average molecular weight is 595 g/mol. The molecule has 36 heavy (non-hydrogen) atoms. The maximum Gasteiger partial charge on any atom is 0.243 e. The molecular weight excluding hydrogens is 566 g/mol. The van der Waals surface area contributed by atoms with E-state index in [0.717, 1.165) is 18.6 Å². The fourth-order valence-electron chi connectivity index (χ4n) is 3.34. The Hall–Kier alpha value is -2.57. The molecule has 0 atom stereocenters. The van der Waals surface area contributed by atoms with Crippen LogP contribution in [0.2, 0.25) is 0 Å². The third-order valence-electron chi connectivity index (χ3n) is 5.51. The fourth-order valence-corrected chi connectivity index (χ4v) is 5.91. The number of nitrogens with one attached hydrogen (secondary N) is 1. The molecular formula is C25H28BrN3O5S2. The average Bonchev–Trinajstić information content (AvgIpc) is 2.81. The van der Waals surface area contributed by atoms with Crippen molar-refractivity contribution in [3.63, 3.8) is 0 Å². The SMILES string of the molecule is Cc1ccc(S(=O)(=O)N(CC(=O)Nc2cc(S(=O)(=O)N(C)C)ccc2C)Cc2ccc(Br)cc2)cc1. The predicted molar refractivity (Wildman–Crippen MR) is 144 cm³/mol. The lowest BCUT2D eigenvalue weighted by atomic mass is 10.2. The Morgan fingerprint density at radius 3 is 2.00 bits per heavy atom. The molecule has 0 bridgehead atoms. The monoisotopic (exact) mass is 593 g/mol. The zero-order chi connectivity index (χ0) is 26.7. The van der Waals surface area contributed by atoms with Crippen LogP contribution in [-0.2, 0) is 31.4 Å². The summed E-state index contributed by atoms with van der Waals surface area (Å²) < 4.78 is 55.0. The van der Waals surface area contributed by atoms with Crippen LogP contribution in [0.1, 0.15) is 16.7 Å². The van der Waals surface area contributed by atoms with Crippen molar-refractivity contribution in [3.8, 4) is 0 Å². The first-order chi connectivity index (χ1) is 16.8. The van der Waals surface area contributed by atoms with Gasteiger partial charge >= 0.3 is 0 Å².